The van der Waals surface area contributed by atoms with Crippen LogP contribution in [0.25, 0.3) is 0 Å². The van der Waals surface area contributed by atoms with Crippen LogP contribution in [0.5, 0.6) is 0 Å². The van der Waals surface area contributed by atoms with E-state index >= 15 is 0 Å². The Balaban J connectivity index is 2.14. The molecule has 0 bridgehead atoms. The maximum Gasteiger partial charge on any atom is 0.255 e. The van der Waals surface area contributed by atoms with E-state index < -0.39 is 5.60 Å². The zero-order valence-corrected chi connectivity index (χ0v) is 9.80. The summed E-state index contributed by atoms with van der Waals surface area (Å²) in [6.07, 6.45) is 0.669. The lowest BCUT2D eigenvalue weighted by atomic mass is 10.1. The topological polar surface area (TPSA) is 40.5 Å². The molecule has 1 aliphatic heterocycles. The molecule has 2 heterocycles. The van der Waals surface area contributed by atoms with E-state index in [2.05, 4.69) is 0 Å². The maximum atomic E-state index is 12.0. The third-order valence-corrected chi connectivity index (χ3v) is 3.69. The van der Waals surface area contributed by atoms with Crippen molar-refractivity contribution in [3.05, 3.63) is 21.9 Å². The van der Waals surface area contributed by atoms with Gasteiger partial charge in [-0.05, 0) is 31.2 Å². The Morgan fingerprint density at radius 2 is 2.33 bits per heavy atom. The molecule has 82 valence electrons. The van der Waals surface area contributed by atoms with Crippen molar-refractivity contribution in [1.82, 2.24) is 4.90 Å². The van der Waals surface area contributed by atoms with Gasteiger partial charge < -0.3 is 10.0 Å². The van der Waals surface area contributed by atoms with E-state index in [1.807, 2.05) is 17.7 Å². The molecule has 3 nitrogen and oxygen atoms in total. The molecule has 1 saturated heterocycles. The average molecular weight is 225 g/mol. The van der Waals surface area contributed by atoms with Crippen molar-refractivity contribution in [2.24, 2.45) is 0 Å². The predicted molar refractivity (Wildman–Crippen MR) is 60.2 cm³/mol. The molecule has 4 heteroatoms. The van der Waals surface area contributed by atoms with Gasteiger partial charge in [-0.2, -0.15) is 11.3 Å². The number of aliphatic hydroxyl groups is 1. The van der Waals surface area contributed by atoms with Crippen molar-refractivity contribution >= 4 is 17.2 Å². The van der Waals surface area contributed by atoms with Crippen LogP contribution in [0.3, 0.4) is 0 Å². The molecule has 1 unspecified atom stereocenters. The van der Waals surface area contributed by atoms with Gasteiger partial charge in [-0.15, -0.1) is 0 Å². The summed E-state index contributed by atoms with van der Waals surface area (Å²) < 4.78 is 0. The first kappa shape index (κ1) is 10.6. The number of likely N-dealkylation sites (tertiary alicyclic amines) is 1. The number of hydrogen-bond acceptors (Lipinski definition) is 3. The van der Waals surface area contributed by atoms with Crippen LogP contribution in [0.2, 0.25) is 0 Å². The molecule has 0 aliphatic carbocycles. The molecule has 1 fully saturated rings. The Morgan fingerprint density at radius 3 is 2.80 bits per heavy atom. The standard InChI is InChI=1S/C11H15NO2S/c1-8-5-15-6-9(8)10(13)12-4-3-11(2,14)7-12/h5-6,14H,3-4,7H2,1-2H3. The van der Waals surface area contributed by atoms with Crippen molar-refractivity contribution in [2.45, 2.75) is 25.9 Å². The van der Waals surface area contributed by atoms with E-state index in [9.17, 15) is 9.90 Å². The Morgan fingerprint density at radius 1 is 1.60 bits per heavy atom. The molecule has 1 N–H and O–H groups in total. The summed E-state index contributed by atoms with van der Waals surface area (Å²) in [5.74, 6) is 0.0477. The van der Waals surface area contributed by atoms with E-state index in [0.29, 0.717) is 19.5 Å². The van der Waals surface area contributed by atoms with Gasteiger partial charge in [0.1, 0.15) is 0 Å². The van der Waals surface area contributed by atoms with E-state index in [1.165, 1.54) is 0 Å². The van der Waals surface area contributed by atoms with Gasteiger partial charge in [-0.25, -0.2) is 0 Å². The molecule has 0 radical (unpaired) electrons. The van der Waals surface area contributed by atoms with Crippen LogP contribution in [-0.4, -0.2) is 34.6 Å². The number of thiophene rings is 1. The molecule has 2 rings (SSSR count). The fraction of sp³-hybridized carbons (Fsp3) is 0.545. The Kier molecular flexibility index (Phi) is 2.56. The monoisotopic (exact) mass is 225 g/mol. The average Bonchev–Trinajstić information content (AvgIpc) is 2.71. The molecule has 1 atom stereocenters. The SMILES string of the molecule is Cc1cscc1C(=O)N1CCC(C)(O)C1. The number of β-amino-alcohol motifs (C(OH)–C–C–N with tert-alkyl or cyclic N) is 1. The third kappa shape index (κ3) is 2.06. The smallest absolute Gasteiger partial charge is 0.255 e. The van der Waals surface area contributed by atoms with E-state index in [1.54, 1.807) is 23.2 Å². The lowest BCUT2D eigenvalue weighted by Gasteiger charge is -2.18. The normalized spacial score (nSPS) is 25.9. The van der Waals surface area contributed by atoms with Gasteiger partial charge in [-0.3, -0.25) is 4.79 Å². The van der Waals surface area contributed by atoms with Gasteiger partial charge in [0.2, 0.25) is 0 Å². The molecule has 0 aromatic carbocycles. The number of carbonyl (C=O) groups excluding carboxylic acids is 1. The van der Waals surface area contributed by atoms with Crippen LogP contribution < -0.4 is 0 Å². The molecule has 1 aliphatic rings. The van der Waals surface area contributed by atoms with Gasteiger partial charge in [0.05, 0.1) is 11.2 Å². The number of aryl methyl sites for hydroxylation is 1. The second-order valence-electron chi connectivity index (χ2n) is 4.44. The second kappa shape index (κ2) is 3.61. The van der Waals surface area contributed by atoms with E-state index in [0.717, 1.165) is 11.1 Å². The van der Waals surface area contributed by atoms with Crippen LogP contribution in [0.4, 0.5) is 0 Å². The number of hydrogen-bond donors (Lipinski definition) is 1. The Hall–Kier alpha value is -0.870. The van der Waals surface area contributed by atoms with E-state index in [-0.39, 0.29) is 5.91 Å². The molecule has 1 amide bonds. The zero-order valence-electron chi connectivity index (χ0n) is 8.99. The highest BCUT2D eigenvalue weighted by Gasteiger charge is 2.34. The summed E-state index contributed by atoms with van der Waals surface area (Å²) in [5, 5.41) is 13.6. The first-order valence-electron chi connectivity index (χ1n) is 5.04. The molecule has 15 heavy (non-hydrogen) atoms. The number of rotatable bonds is 1. The molecular formula is C11H15NO2S. The van der Waals surface area contributed by atoms with Crippen molar-refractivity contribution in [3.8, 4) is 0 Å². The van der Waals surface area contributed by atoms with Gasteiger partial charge in [0.15, 0.2) is 0 Å². The van der Waals surface area contributed by atoms with Gasteiger partial charge >= 0.3 is 0 Å². The highest BCUT2D eigenvalue weighted by molar-refractivity contribution is 7.08. The van der Waals surface area contributed by atoms with Gasteiger partial charge in [0, 0.05) is 18.5 Å². The molecule has 0 saturated carbocycles. The van der Waals surface area contributed by atoms with E-state index in [4.69, 9.17) is 0 Å². The summed E-state index contributed by atoms with van der Waals surface area (Å²) in [5.41, 5.74) is 1.09. The van der Waals surface area contributed by atoms with Crippen LogP contribution in [0.1, 0.15) is 29.3 Å². The molecule has 0 spiro atoms. The first-order chi connectivity index (χ1) is 6.99. The third-order valence-electron chi connectivity index (χ3n) is 2.82. The highest BCUT2D eigenvalue weighted by Crippen LogP contribution is 2.24. The number of amides is 1. The summed E-state index contributed by atoms with van der Waals surface area (Å²) in [7, 11) is 0. The first-order valence-corrected chi connectivity index (χ1v) is 5.98. The van der Waals surface area contributed by atoms with Crippen molar-refractivity contribution < 1.29 is 9.90 Å². The van der Waals surface area contributed by atoms with Gasteiger partial charge in [0.25, 0.3) is 5.91 Å². The fourth-order valence-corrected chi connectivity index (χ4v) is 2.69. The van der Waals surface area contributed by atoms with Gasteiger partial charge in [-0.1, -0.05) is 0 Å². The quantitative estimate of drug-likeness (QED) is 0.789. The Labute approximate surface area is 93.3 Å². The van der Waals surface area contributed by atoms with Crippen LogP contribution in [0.15, 0.2) is 10.8 Å². The number of nitrogens with zero attached hydrogens (tertiary/aromatic N) is 1. The zero-order chi connectivity index (χ0) is 11.1. The van der Waals surface area contributed by atoms with Crippen molar-refractivity contribution in [1.29, 1.82) is 0 Å². The summed E-state index contributed by atoms with van der Waals surface area (Å²) >= 11 is 1.54. The minimum absolute atomic E-state index is 0.0477. The minimum Gasteiger partial charge on any atom is -0.388 e. The molecular weight excluding hydrogens is 210 g/mol. The molecule has 1 aromatic rings. The summed E-state index contributed by atoms with van der Waals surface area (Å²) in [4.78, 5) is 13.8. The second-order valence-corrected chi connectivity index (χ2v) is 5.19. The highest BCUT2D eigenvalue weighted by atomic mass is 32.1. The van der Waals surface area contributed by atoms with Crippen molar-refractivity contribution in [2.75, 3.05) is 13.1 Å². The fourth-order valence-electron chi connectivity index (χ4n) is 1.87. The van der Waals surface area contributed by atoms with Crippen LogP contribution in [-0.2, 0) is 0 Å². The minimum atomic E-state index is -0.709. The number of carbonyl (C=O) groups is 1. The lowest BCUT2D eigenvalue weighted by molar-refractivity contribution is 0.0572. The molecule has 1 aromatic heterocycles. The van der Waals surface area contributed by atoms with Crippen LogP contribution in [0, 0.1) is 6.92 Å². The summed E-state index contributed by atoms with van der Waals surface area (Å²) in [6.45, 7) is 4.82. The predicted octanol–water partition coefficient (Wildman–Crippen LogP) is 1.65. The largest absolute Gasteiger partial charge is 0.388 e. The van der Waals surface area contributed by atoms with Crippen molar-refractivity contribution in [3.63, 3.8) is 0 Å². The summed E-state index contributed by atoms with van der Waals surface area (Å²) in [6, 6.07) is 0. The Bertz CT molecular complexity index is 384. The maximum absolute atomic E-state index is 12.0. The van der Waals surface area contributed by atoms with Crippen LogP contribution >= 0.6 is 11.3 Å². The lowest BCUT2D eigenvalue weighted by Crippen LogP contribution is -2.33.